The van der Waals surface area contributed by atoms with Gasteiger partial charge in [-0.3, -0.25) is 0 Å². The summed E-state index contributed by atoms with van der Waals surface area (Å²) in [7, 11) is 0. The molecule has 42 valence electrons. The van der Waals surface area contributed by atoms with E-state index in [-0.39, 0.29) is 0 Å². The number of hydrogen-bond donors (Lipinski definition) is 1. The molecule has 0 amide bonds. The minimum absolute atomic E-state index is 1.13. The number of rotatable bonds is 3. The maximum absolute atomic E-state index is 5.09. The third-order valence-electron chi connectivity index (χ3n) is 0.860. The third-order valence-corrected chi connectivity index (χ3v) is 0.860. The minimum Gasteiger partial charge on any atom is -0.405 e. The zero-order valence-electron chi connectivity index (χ0n) is 4.85. The van der Waals surface area contributed by atoms with Gasteiger partial charge in [-0.25, -0.2) is 0 Å². The molecule has 1 heteroatoms. The second kappa shape index (κ2) is 5.54. The van der Waals surface area contributed by atoms with Gasteiger partial charge in [-0.15, -0.1) is 0 Å². The summed E-state index contributed by atoms with van der Waals surface area (Å²) in [6, 6.07) is 0. The fourth-order valence-electron chi connectivity index (χ4n) is 0.418. The van der Waals surface area contributed by atoms with Crippen molar-refractivity contribution in [2.45, 2.75) is 26.2 Å². The lowest BCUT2D eigenvalue weighted by atomic mass is 10.2. The SMILES string of the molecule is CCCC/C=C\N. The van der Waals surface area contributed by atoms with Gasteiger partial charge in [0, 0.05) is 0 Å². The van der Waals surface area contributed by atoms with Crippen LogP contribution in [0.4, 0.5) is 0 Å². The van der Waals surface area contributed by atoms with E-state index in [1.54, 1.807) is 6.20 Å². The van der Waals surface area contributed by atoms with Crippen molar-refractivity contribution in [3.05, 3.63) is 12.3 Å². The van der Waals surface area contributed by atoms with Gasteiger partial charge in [0.15, 0.2) is 0 Å². The first kappa shape index (κ1) is 6.54. The van der Waals surface area contributed by atoms with Gasteiger partial charge in [-0.05, 0) is 12.6 Å². The van der Waals surface area contributed by atoms with Crippen LogP contribution in [-0.4, -0.2) is 0 Å². The largest absolute Gasteiger partial charge is 0.405 e. The van der Waals surface area contributed by atoms with Crippen LogP contribution in [0.1, 0.15) is 26.2 Å². The van der Waals surface area contributed by atoms with Crippen molar-refractivity contribution in [3.63, 3.8) is 0 Å². The molecule has 0 aromatic heterocycles. The molecule has 0 rings (SSSR count). The molecule has 0 aromatic rings. The van der Waals surface area contributed by atoms with E-state index in [0.717, 1.165) is 6.42 Å². The Bertz CT molecular complexity index is 48.1. The highest BCUT2D eigenvalue weighted by Crippen LogP contribution is 1.92. The number of unbranched alkanes of at least 4 members (excludes halogenated alkanes) is 2. The molecule has 0 spiro atoms. The van der Waals surface area contributed by atoms with E-state index in [9.17, 15) is 0 Å². The van der Waals surface area contributed by atoms with Crippen LogP contribution >= 0.6 is 0 Å². The van der Waals surface area contributed by atoms with E-state index in [1.807, 2.05) is 6.08 Å². The summed E-state index contributed by atoms with van der Waals surface area (Å²) in [5.41, 5.74) is 5.09. The van der Waals surface area contributed by atoms with Crippen LogP contribution in [0, 0.1) is 0 Å². The molecule has 0 saturated carbocycles. The molecule has 0 fully saturated rings. The van der Waals surface area contributed by atoms with Crippen LogP contribution < -0.4 is 5.73 Å². The van der Waals surface area contributed by atoms with Crippen molar-refractivity contribution in [1.82, 2.24) is 0 Å². The topological polar surface area (TPSA) is 26.0 Å². The third kappa shape index (κ3) is 5.54. The van der Waals surface area contributed by atoms with E-state index in [0.29, 0.717) is 0 Å². The molecule has 0 aliphatic carbocycles. The van der Waals surface area contributed by atoms with Crippen molar-refractivity contribution < 1.29 is 0 Å². The molecule has 0 atom stereocenters. The maximum atomic E-state index is 5.09. The first-order chi connectivity index (χ1) is 3.41. The average molecular weight is 99.2 g/mol. The molecule has 0 unspecified atom stereocenters. The number of hydrogen-bond acceptors (Lipinski definition) is 1. The standard InChI is InChI=1S/C6H13N/c1-2-3-4-5-6-7/h5-6H,2-4,7H2,1H3/b6-5-. The first-order valence-electron chi connectivity index (χ1n) is 2.78. The molecular formula is C6H13N. The Balaban J connectivity index is 2.69. The van der Waals surface area contributed by atoms with Gasteiger partial charge >= 0.3 is 0 Å². The fourth-order valence-corrected chi connectivity index (χ4v) is 0.418. The summed E-state index contributed by atoms with van der Waals surface area (Å²) in [5, 5.41) is 0. The Hall–Kier alpha value is -0.460. The molecule has 0 saturated heterocycles. The summed E-state index contributed by atoms with van der Waals surface area (Å²) in [6.07, 6.45) is 7.24. The second-order valence-electron chi connectivity index (χ2n) is 1.57. The van der Waals surface area contributed by atoms with Crippen molar-refractivity contribution >= 4 is 0 Å². The maximum Gasteiger partial charge on any atom is -0.0103 e. The predicted octanol–water partition coefficient (Wildman–Crippen LogP) is 1.65. The Labute approximate surface area is 45.2 Å². The number of nitrogens with two attached hydrogens (primary N) is 1. The van der Waals surface area contributed by atoms with Crippen LogP contribution in [-0.2, 0) is 0 Å². The predicted molar refractivity (Wildman–Crippen MR) is 32.9 cm³/mol. The summed E-state index contributed by atoms with van der Waals surface area (Å²) >= 11 is 0. The Morgan fingerprint density at radius 3 is 2.71 bits per heavy atom. The lowest BCUT2D eigenvalue weighted by molar-refractivity contribution is 0.814. The van der Waals surface area contributed by atoms with Gasteiger partial charge in [0.2, 0.25) is 0 Å². The highest BCUT2D eigenvalue weighted by atomic mass is 14.5. The van der Waals surface area contributed by atoms with Crippen LogP contribution in [0.15, 0.2) is 12.3 Å². The van der Waals surface area contributed by atoms with Crippen LogP contribution in [0.3, 0.4) is 0 Å². The van der Waals surface area contributed by atoms with Crippen molar-refractivity contribution in [2.24, 2.45) is 5.73 Å². The summed E-state index contributed by atoms with van der Waals surface area (Å²) in [6.45, 7) is 2.17. The van der Waals surface area contributed by atoms with E-state index in [1.165, 1.54) is 12.8 Å². The van der Waals surface area contributed by atoms with Gasteiger partial charge in [0.25, 0.3) is 0 Å². The summed E-state index contributed by atoms with van der Waals surface area (Å²) in [5.74, 6) is 0. The Kier molecular flexibility index (Phi) is 5.18. The molecule has 2 N–H and O–H groups in total. The molecule has 7 heavy (non-hydrogen) atoms. The zero-order valence-corrected chi connectivity index (χ0v) is 4.85. The second-order valence-corrected chi connectivity index (χ2v) is 1.57. The van der Waals surface area contributed by atoms with Crippen LogP contribution in [0.5, 0.6) is 0 Å². The fraction of sp³-hybridized carbons (Fsp3) is 0.667. The van der Waals surface area contributed by atoms with Gasteiger partial charge in [0.1, 0.15) is 0 Å². The molecule has 0 radical (unpaired) electrons. The number of allylic oxidation sites excluding steroid dienone is 1. The summed E-state index contributed by atoms with van der Waals surface area (Å²) in [4.78, 5) is 0. The van der Waals surface area contributed by atoms with Crippen LogP contribution in [0.2, 0.25) is 0 Å². The molecule has 0 bridgehead atoms. The smallest absolute Gasteiger partial charge is 0.0103 e. The Morgan fingerprint density at radius 1 is 1.57 bits per heavy atom. The van der Waals surface area contributed by atoms with Gasteiger partial charge in [-0.1, -0.05) is 25.8 Å². The van der Waals surface area contributed by atoms with Crippen LogP contribution in [0.25, 0.3) is 0 Å². The monoisotopic (exact) mass is 99.1 g/mol. The Morgan fingerprint density at radius 2 is 2.29 bits per heavy atom. The van der Waals surface area contributed by atoms with Gasteiger partial charge < -0.3 is 5.73 Å². The molecule has 0 aromatic carbocycles. The highest BCUT2D eigenvalue weighted by molar-refractivity contribution is 4.74. The highest BCUT2D eigenvalue weighted by Gasteiger charge is 1.73. The van der Waals surface area contributed by atoms with E-state index in [4.69, 9.17) is 5.73 Å². The van der Waals surface area contributed by atoms with E-state index < -0.39 is 0 Å². The molecule has 0 aliphatic heterocycles. The lowest BCUT2D eigenvalue weighted by Crippen LogP contribution is -1.75. The molecule has 0 aliphatic rings. The zero-order chi connectivity index (χ0) is 5.54. The molecular weight excluding hydrogens is 86.1 g/mol. The molecule has 1 nitrogen and oxygen atoms in total. The first-order valence-corrected chi connectivity index (χ1v) is 2.78. The van der Waals surface area contributed by atoms with Crippen molar-refractivity contribution in [2.75, 3.05) is 0 Å². The quantitative estimate of drug-likeness (QED) is 0.535. The summed E-state index contributed by atoms with van der Waals surface area (Å²) < 4.78 is 0. The lowest BCUT2D eigenvalue weighted by Gasteiger charge is -1.83. The van der Waals surface area contributed by atoms with Crippen molar-refractivity contribution in [1.29, 1.82) is 0 Å². The average Bonchev–Trinajstić information content (AvgIpc) is 1.69. The van der Waals surface area contributed by atoms with Gasteiger partial charge in [-0.2, -0.15) is 0 Å². The minimum atomic E-state index is 1.13. The van der Waals surface area contributed by atoms with E-state index in [2.05, 4.69) is 6.92 Å². The van der Waals surface area contributed by atoms with Gasteiger partial charge in [0.05, 0.1) is 0 Å². The van der Waals surface area contributed by atoms with Crippen molar-refractivity contribution in [3.8, 4) is 0 Å². The molecule has 0 heterocycles. The van der Waals surface area contributed by atoms with E-state index >= 15 is 0 Å². The normalized spacial score (nSPS) is 10.4.